The lowest BCUT2D eigenvalue weighted by Gasteiger charge is -2.08. The van der Waals surface area contributed by atoms with Crippen molar-refractivity contribution >= 4 is 15.9 Å². The lowest BCUT2D eigenvalue weighted by Crippen LogP contribution is -2.30. The zero-order valence-corrected chi connectivity index (χ0v) is 10.8. The van der Waals surface area contributed by atoms with Gasteiger partial charge in [0.1, 0.15) is 10.6 Å². The number of para-hydroxylation sites is 1. The van der Waals surface area contributed by atoms with Gasteiger partial charge in [-0.25, -0.2) is 13.1 Å². The Hall–Kier alpha value is -1.60. The molecule has 0 atom stereocenters. The van der Waals surface area contributed by atoms with Gasteiger partial charge < -0.3 is 10.4 Å². The van der Waals surface area contributed by atoms with Crippen LogP contribution in [0, 0.1) is 0 Å². The summed E-state index contributed by atoms with van der Waals surface area (Å²) in [7, 11) is -3.78. The summed E-state index contributed by atoms with van der Waals surface area (Å²) in [6.07, 6.45) is 0.0562. The zero-order chi connectivity index (χ0) is 13.6. The smallest absolute Gasteiger partial charge is 0.244 e. The molecular formula is C11H16N2O4S. The van der Waals surface area contributed by atoms with Crippen molar-refractivity contribution in [2.45, 2.75) is 18.2 Å². The minimum absolute atomic E-state index is 0.0114. The molecule has 0 saturated carbocycles. The van der Waals surface area contributed by atoms with E-state index in [0.717, 1.165) is 0 Å². The highest BCUT2D eigenvalue weighted by atomic mass is 32.2. The van der Waals surface area contributed by atoms with Crippen LogP contribution in [0.5, 0.6) is 5.75 Å². The van der Waals surface area contributed by atoms with Crippen LogP contribution in [-0.4, -0.2) is 32.5 Å². The Morgan fingerprint density at radius 3 is 2.61 bits per heavy atom. The van der Waals surface area contributed by atoms with E-state index in [1.807, 2.05) is 0 Å². The summed E-state index contributed by atoms with van der Waals surface area (Å²) in [5.74, 6) is -0.541. The number of aromatic hydroxyl groups is 1. The summed E-state index contributed by atoms with van der Waals surface area (Å²) in [6, 6.07) is 5.63. The summed E-state index contributed by atoms with van der Waals surface area (Å²) in [5.41, 5.74) is 0. The molecule has 0 aliphatic heterocycles. The molecule has 0 fully saturated rings. The van der Waals surface area contributed by atoms with E-state index in [2.05, 4.69) is 10.0 Å². The second-order valence-electron chi connectivity index (χ2n) is 3.57. The standard InChI is InChI=1S/C11H16N2O4S/c1-2-12-11(15)7-8-13-18(16,17)10-6-4-3-5-9(10)14/h3-6,13-14H,2,7-8H2,1H3,(H,12,15). The number of hydrogen-bond acceptors (Lipinski definition) is 4. The van der Waals surface area contributed by atoms with E-state index in [-0.39, 0.29) is 29.5 Å². The number of hydrogen-bond donors (Lipinski definition) is 3. The van der Waals surface area contributed by atoms with Gasteiger partial charge in [0.2, 0.25) is 15.9 Å². The fraction of sp³-hybridized carbons (Fsp3) is 0.364. The van der Waals surface area contributed by atoms with Gasteiger partial charge >= 0.3 is 0 Å². The van der Waals surface area contributed by atoms with Crippen molar-refractivity contribution in [2.24, 2.45) is 0 Å². The highest BCUT2D eigenvalue weighted by molar-refractivity contribution is 7.89. The highest BCUT2D eigenvalue weighted by Gasteiger charge is 2.17. The largest absolute Gasteiger partial charge is 0.507 e. The normalized spacial score (nSPS) is 11.2. The van der Waals surface area contributed by atoms with E-state index in [4.69, 9.17) is 0 Å². The molecule has 1 amide bonds. The van der Waals surface area contributed by atoms with E-state index in [9.17, 15) is 18.3 Å². The van der Waals surface area contributed by atoms with Gasteiger partial charge in [-0.3, -0.25) is 4.79 Å². The molecule has 0 aromatic heterocycles. The summed E-state index contributed by atoms with van der Waals surface area (Å²) in [5, 5.41) is 12.0. The Balaban J connectivity index is 2.61. The molecule has 0 aliphatic rings. The highest BCUT2D eigenvalue weighted by Crippen LogP contribution is 2.20. The average molecular weight is 272 g/mol. The first-order chi connectivity index (χ1) is 8.47. The minimum Gasteiger partial charge on any atom is -0.507 e. The predicted octanol–water partition coefficient (Wildman–Crippen LogP) is 0.197. The Labute approximate surface area is 106 Å². The number of sulfonamides is 1. The maximum atomic E-state index is 11.8. The van der Waals surface area contributed by atoms with Gasteiger partial charge in [-0.15, -0.1) is 0 Å². The van der Waals surface area contributed by atoms with Gasteiger partial charge in [0.05, 0.1) is 0 Å². The first-order valence-electron chi connectivity index (χ1n) is 5.51. The Morgan fingerprint density at radius 1 is 1.33 bits per heavy atom. The number of rotatable bonds is 6. The predicted molar refractivity (Wildman–Crippen MR) is 66.6 cm³/mol. The molecule has 1 aromatic carbocycles. The molecular weight excluding hydrogens is 256 g/mol. The third kappa shape index (κ3) is 4.01. The zero-order valence-electron chi connectivity index (χ0n) is 10.0. The van der Waals surface area contributed by atoms with Crippen LogP contribution in [0.1, 0.15) is 13.3 Å². The van der Waals surface area contributed by atoms with Gasteiger partial charge in [0, 0.05) is 19.5 Å². The number of nitrogens with one attached hydrogen (secondary N) is 2. The molecule has 0 spiro atoms. The molecule has 100 valence electrons. The second kappa shape index (κ2) is 6.36. The Bertz CT molecular complexity index is 514. The number of carbonyl (C=O) groups is 1. The van der Waals surface area contributed by atoms with Gasteiger partial charge in [0.25, 0.3) is 0 Å². The van der Waals surface area contributed by atoms with Crippen molar-refractivity contribution in [1.29, 1.82) is 0 Å². The van der Waals surface area contributed by atoms with E-state index in [0.29, 0.717) is 6.54 Å². The van der Waals surface area contributed by atoms with E-state index < -0.39 is 10.0 Å². The summed E-state index contributed by atoms with van der Waals surface area (Å²) in [6.45, 7) is 2.28. The van der Waals surface area contributed by atoms with Gasteiger partial charge in [0.15, 0.2) is 0 Å². The number of phenols is 1. The minimum atomic E-state index is -3.78. The van der Waals surface area contributed by atoms with Crippen molar-refractivity contribution in [2.75, 3.05) is 13.1 Å². The van der Waals surface area contributed by atoms with Crippen molar-refractivity contribution in [3.63, 3.8) is 0 Å². The molecule has 7 heteroatoms. The van der Waals surface area contributed by atoms with Gasteiger partial charge in [-0.2, -0.15) is 0 Å². The topological polar surface area (TPSA) is 95.5 Å². The molecule has 6 nitrogen and oxygen atoms in total. The van der Waals surface area contributed by atoms with Crippen LogP contribution in [0.3, 0.4) is 0 Å². The Kier molecular flexibility index (Phi) is 5.11. The molecule has 3 N–H and O–H groups in total. The van der Waals surface area contributed by atoms with Crippen LogP contribution in [-0.2, 0) is 14.8 Å². The van der Waals surface area contributed by atoms with Crippen LogP contribution >= 0.6 is 0 Å². The van der Waals surface area contributed by atoms with E-state index in [1.165, 1.54) is 24.3 Å². The quantitative estimate of drug-likeness (QED) is 0.689. The molecule has 0 heterocycles. The van der Waals surface area contributed by atoms with Crippen molar-refractivity contribution < 1.29 is 18.3 Å². The monoisotopic (exact) mass is 272 g/mol. The fourth-order valence-corrected chi connectivity index (χ4v) is 2.47. The number of carbonyl (C=O) groups excluding carboxylic acids is 1. The second-order valence-corrected chi connectivity index (χ2v) is 5.30. The molecule has 18 heavy (non-hydrogen) atoms. The molecule has 1 aromatic rings. The fourth-order valence-electron chi connectivity index (χ4n) is 1.35. The summed E-state index contributed by atoms with van der Waals surface area (Å²) < 4.78 is 25.8. The van der Waals surface area contributed by atoms with E-state index in [1.54, 1.807) is 6.92 Å². The van der Waals surface area contributed by atoms with Crippen LogP contribution < -0.4 is 10.0 Å². The van der Waals surface area contributed by atoms with Crippen molar-refractivity contribution in [1.82, 2.24) is 10.0 Å². The molecule has 0 aliphatic carbocycles. The first kappa shape index (κ1) is 14.5. The number of amides is 1. The first-order valence-corrected chi connectivity index (χ1v) is 7.00. The summed E-state index contributed by atoms with van der Waals surface area (Å²) in [4.78, 5) is 10.9. The lowest BCUT2D eigenvalue weighted by atomic mass is 10.3. The molecule has 0 bridgehead atoms. The third-order valence-corrected chi connectivity index (χ3v) is 3.68. The average Bonchev–Trinajstić information content (AvgIpc) is 2.29. The van der Waals surface area contributed by atoms with Crippen LogP contribution in [0.4, 0.5) is 0 Å². The third-order valence-electron chi connectivity index (χ3n) is 2.17. The lowest BCUT2D eigenvalue weighted by molar-refractivity contribution is -0.120. The number of phenolic OH excluding ortho intramolecular Hbond substituents is 1. The van der Waals surface area contributed by atoms with Crippen LogP contribution in [0.2, 0.25) is 0 Å². The van der Waals surface area contributed by atoms with Gasteiger partial charge in [-0.1, -0.05) is 12.1 Å². The van der Waals surface area contributed by atoms with Crippen molar-refractivity contribution in [3.8, 4) is 5.75 Å². The Morgan fingerprint density at radius 2 is 2.00 bits per heavy atom. The number of benzene rings is 1. The maximum absolute atomic E-state index is 11.8. The SMILES string of the molecule is CCNC(=O)CCNS(=O)(=O)c1ccccc1O. The molecule has 0 saturated heterocycles. The molecule has 1 rings (SSSR count). The van der Waals surface area contributed by atoms with Gasteiger partial charge in [-0.05, 0) is 19.1 Å². The maximum Gasteiger partial charge on any atom is 0.244 e. The van der Waals surface area contributed by atoms with Crippen LogP contribution in [0.25, 0.3) is 0 Å². The van der Waals surface area contributed by atoms with E-state index >= 15 is 0 Å². The molecule has 0 unspecified atom stereocenters. The van der Waals surface area contributed by atoms with Crippen molar-refractivity contribution in [3.05, 3.63) is 24.3 Å². The molecule has 0 radical (unpaired) electrons. The van der Waals surface area contributed by atoms with Crippen LogP contribution in [0.15, 0.2) is 29.2 Å². The summed E-state index contributed by atoms with van der Waals surface area (Å²) >= 11 is 0.